The highest BCUT2D eigenvalue weighted by molar-refractivity contribution is 4.75. The van der Waals surface area contributed by atoms with Crippen molar-refractivity contribution in [2.75, 3.05) is 26.8 Å². The molecule has 1 unspecified atom stereocenters. The summed E-state index contributed by atoms with van der Waals surface area (Å²) in [6.07, 6.45) is 0. The lowest BCUT2D eigenvalue weighted by Crippen LogP contribution is -2.27. The first-order chi connectivity index (χ1) is 4.24. The van der Waals surface area contributed by atoms with Gasteiger partial charge in [0.15, 0.2) is 0 Å². The smallest absolute Gasteiger partial charge is 0.0507 e. The summed E-state index contributed by atoms with van der Waals surface area (Å²) in [5, 5.41) is 0. The molecule has 2 heteroatoms. The number of nitrogens with zero attached hydrogens (tertiary/aromatic N) is 2. The van der Waals surface area contributed by atoms with E-state index in [1.165, 1.54) is 13.1 Å². The van der Waals surface area contributed by atoms with Crippen molar-refractivity contribution >= 4 is 0 Å². The maximum atomic E-state index is 2.47. The Morgan fingerprint density at radius 3 is 2.44 bits per heavy atom. The van der Waals surface area contributed by atoms with Crippen LogP contribution in [0.1, 0.15) is 13.8 Å². The Labute approximate surface area is 57.4 Å². The van der Waals surface area contributed by atoms with Crippen LogP contribution < -0.4 is 0 Å². The number of likely N-dealkylation sites (N-methyl/N-ethyl adjacent to an activating group) is 2. The van der Waals surface area contributed by atoms with Gasteiger partial charge in [0, 0.05) is 12.6 Å². The fourth-order valence-corrected chi connectivity index (χ4v) is 1.49. The summed E-state index contributed by atoms with van der Waals surface area (Å²) in [4.78, 5) is 4.83. The fourth-order valence-electron chi connectivity index (χ4n) is 1.49. The van der Waals surface area contributed by atoms with Gasteiger partial charge in [0.2, 0.25) is 0 Å². The van der Waals surface area contributed by atoms with E-state index in [1.54, 1.807) is 0 Å². The number of hydrogen-bond acceptors (Lipinski definition) is 2. The highest BCUT2D eigenvalue weighted by Crippen LogP contribution is 2.08. The molecule has 1 aliphatic rings. The number of hydrogen-bond donors (Lipinski definition) is 0. The minimum absolute atomic E-state index is 0.764. The van der Waals surface area contributed by atoms with E-state index in [9.17, 15) is 0 Å². The summed E-state index contributed by atoms with van der Waals surface area (Å²) >= 11 is 0. The van der Waals surface area contributed by atoms with Crippen LogP contribution in [0.25, 0.3) is 0 Å². The quantitative estimate of drug-likeness (QED) is 0.510. The molecule has 1 aliphatic heterocycles. The van der Waals surface area contributed by atoms with Crippen molar-refractivity contribution in [3.63, 3.8) is 0 Å². The van der Waals surface area contributed by atoms with Crippen LogP contribution in [-0.2, 0) is 0 Å². The minimum atomic E-state index is 0.764. The molecule has 0 aromatic heterocycles. The Morgan fingerprint density at radius 1 is 1.56 bits per heavy atom. The van der Waals surface area contributed by atoms with Crippen LogP contribution in [0.2, 0.25) is 0 Å². The standard InChI is InChI=1S/C7H16N2/c1-4-9-6-8(3)5-7(9)2/h7H,4-6H2,1-3H3. The molecule has 0 spiro atoms. The fraction of sp³-hybridized carbons (Fsp3) is 1.00. The minimum Gasteiger partial charge on any atom is -0.292 e. The molecular weight excluding hydrogens is 112 g/mol. The Morgan fingerprint density at radius 2 is 2.22 bits per heavy atom. The first-order valence-electron chi connectivity index (χ1n) is 3.66. The van der Waals surface area contributed by atoms with Gasteiger partial charge in [-0.2, -0.15) is 0 Å². The van der Waals surface area contributed by atoms with Gasteiger partial charge >= 0.3 is 0 Å². The van der Waals surface area contributed by atoms with E-state index in [0.717, 1.165) is 12.7 Å². The zero-order chi connectivity index (χ0) is 6.85. The molecule has 54 valence electrons. The van der Waals surface area contributed by atoms with Gasteiger partial charge in [-0.15, -0.1) is 0 Å². The third kappa shape index (κ3) is 1.43. The van der Waals surface area contributed by atoms with E-state index < -0.39 is 0 Å². The summed E-state index contributed by atoms with van der Waals surface area (Å²) in [6.45, 7) is 8.07. The monoisotopic (exact) mass is 128 g/mol. The lowest BCUT2D eigenvalue weighted by Gasteiger charge is -2.16. The van der Waals surface area contributed by atoms with Gasteiger partial charge in [-0.3, -0.25) is 9.80 Å². The second-order valence-corrected chi connectivity index (χ2v) is 2.93. The van der Waals surface area contributed by atoms with E-state index in [4.69, 9.17) is 0 Å². The lowest BCUT2D eigenvalue weighted by molar-refractivity contribution is 0.256. The summed E-state index contributed by atoms with van der Waals surface area (Å²) < 4.78 is 0. The molecule has 0 aromatic carbocycles. The van der Waals surface area contributed by atoms with E-state index in [1.807, 2.05) is 0 Å². The van der Waals surface area contributed by atoms with E-state index in [0.29, 0.717) is 0 Å². The Hall–Kier alpha value is -0.0800. The normalized spacial score (nSPS) is 31.7. The zero-order valence-corrected chi connectivity index (χ0v) is 6.59. The topological polar surface area (TPSA) is 6.48 Å². The molecule has 9 heavy (non-hydrogen) atoms. The Balaban J connectivity index is 2.38. The molecule has 2 nitrogen and oxygen atoms in total. The molecular formula is C7H16N2. The van der Waals surface area contributed by atoms with Gasteiger partial charge in [-0.05, 0) is 20.5 Å². The molecule has 0 aromatic rings. The van der Waals surface area contributed by atoms with E-state index >= 15 is 0 Å². The van der Waals surface area contributed by atoms with Crippen molar-refractivity contribution in [1.82, 2.24) is 9.80 Å². The molecule has 0 radical (unpaired) electrons. The van der Waals surface area contributed by atoms with E-state index in [-0.39, 0.29) is 0 Å². The Kier molecular flexibility index (Phi) is 2.09. The first-order valence-corrected chi connectivity index (χ1v) is 3.66. The SMILES string of the molecule is CCN1CN(C)CC1C. The van der Waals surface area contributed by atoms with Crippen LogP contribution >= 0.6 is 0 Å². The van der Waals surface area contributed by atoms with Crippen molar-refractivity contribution in [2.24, 2.45) is 0 Å². The summed E-state index contributed by atoms with van der Waals surface area (Å²) in [6, 6.07) is 0.764. The van der Waals surface area contributed by atoms with Gasteiger partial charge in [-0.1, -0.05) is 6.92 Å². The van der Waals surface area contributed by atoms with Crippen LogP contribution in [0.15, 0.2) is 0 Å². The first kappa shape index (κ1) is 7.03. The molecule has 0 amide bonds. The summed E-state index contributed by atoms with van der Waals surface area (Å²) in [7, 11) is 2.17. The van der Waals surface area contributed by atoms with Gasteiger partial charge in [0.25, 0.3) is 0 Å². The van der Waals surface area contributed by atoms with E-state index in [2.05, 4.69) is 30.7 Å². The molecule has 0 bridgehead atoms. The summed E-state index contributed by atoms with van der Waals surface area (Å²) in [5.41, 5.74) is 0. The molecule has 0 N–H and O–H groups in total. The van der Waals surface area contributed by atoms with Crippen molar-refractivity contribution in [1.29, 1.82) is 0 Å². The molecule has 1 saturated heterocycles. The Bertz CT molecular complexity index is 92.9. The molecule has 0 aliphatic carbocycles. The second kappa shape index (κ2) is 2.67. The van der Waals surface area contributed by atoms with Crippen LogP contribution in [0, 0.1) is 0 Å². The van der Waals surface area contributed by atoms with Crippen LogP contribution in [0.5, 0.6) is 0 Å². The predicted molar refractivity (Wildman–Crippen MR) is 39.3 cm³/mol. The molecule has 0 saturated carbocycles. The van der Waals surface area contributed by atoms with Gasteiger partial charge in [0.05, 0.1) is 6.67 Å². The van der Waals surface area contributed by atoms with Crippen molar-refractivity contribution in [3.05, 3.63) is 0 Å². The van der Waals surface area contributed by atoms with Gasteiger partial charge < -0.3 is 0 Å². The third-order valence-electron chi connectivity index (χ3n) is 2.03. The molecule has 1 fully saturated rings. The average molecular weight is 128 g/mol. The molecule has 1 rings (SSSR count). The van der Waals surface area contributed by atoms with Crippen LogP contribution in [0.3, 0.4) is 0 Å². The number of rotatable bonds is 1. The molecule has 1 atom stereocenters. The van der Waals surface area contributed by atoms with Crippen molar-refractivity contribution in [3.8, 4) is 0 Å². The largest absolute Gasteiger partial charge is 0.292 e. The highest BCUT2D eigenvalue weighted by Gasteiger charge is 2.21. The second-order valence-electron chi connectivity index (χ2n) is 2.93. The zero-order valence-electron chi connectivity index (χ0n) is 6.59. The van der Waals surface area contributed by atoms with Crippen molar-refractivity contribution in [2.45, 2.75) is 19.9 Å². The van der Waals surface area contributed by atoms with Crippen LogP contribution in [0.4, 0.5) is 0 Å². The molecule has 1 heterocycles. The van der Waals surface area contributed by atoms with Gasteiger partial charge in [-0.25, -0.2) is 0 Å². The van der Waals surface area contributed by atoms with Gasteiger partial charge in [0.1, 0.15) is 0 Å². The summed E-state index contributed by atoms with van der Waals surface area (Å²) in [5.74, 6) is 0. The highest BCUT2D eigenvalue weighted by atomic mass is 15.4. The lowest BCUT2D eigenvalue weighted by atomic mass is 10.3. The maximum Gasteiger partial charge on any atom is 0.0507 e. The van der Waals surface area contributed by atoms with Crippen LogP contribution in [-0.4, -0.2) is 42.6 Å². The maximum absolute atomic E-state index is 2.47. The average Bonchev–Trinajstić information content (AvgIpc) is 2.10. The predicted octanol–water partition coefficient (Wildman–Crippen LogP) is 0.600. The van der Waals surface area contributed by atoms with Crippen molar-refractivity contribution < 1.29 is 0 Å². The third-order valence-corrected chi connectivity index (χ3v) is 2.03.